The molecule has 12 aliphatic rings. The summed E-state index contributed by atoms with van der Waals surface area (Å²) in [5.41, 5.74) is 1.19. The molecule has 5 heterocycles. The summed E-state index contributed by atoms with van der Waals surface area (Å²) in [6, 6.07) is 4.18. The van der Waals surface area contributed by atoms with Crippen LogP contribution in [-0.4, -0.2) is 58.1 Å². The highest BCUT2D eigenvalue weighted by Crippen LogP contribution is 2.80. The molecule has 61 heavy (non-hydrogen) atoms. The SMILES string of the molecule is CC12CCC(=O)C=C1C=C[C@H]1[C@@H]3CC[C@@]4(CCC(=O)O4)[C@@]3(C)C[C@H]3OC312.Cc1ccc([C@@H]2CC3=CC(=O)CCC3(C)C34O[C@@H]3C[C@@]3(C)[C@@H](CC[C@@]35CCC(=O)O5)[C@H]24)o1.I.II. The van der Waals surface area contributed by atoms with E-state index < -0.39 is 0 Å². The van der Waals surface area contributed by atoms with Crippen LogP contribution in [0.1, 0.15) is 141 Å². The van der Waals surface area contributed by atoms with Gasteiger partial charge < -0.3 is 23.4 Å². The van der Waals surface area contributed by atoms with Crippen LogP contribution < -0.4 is 0 Å². The van der Waals surface area contributed by atoms with E-state index in [0.29, 0.717) is 49.4 Å². The number of allylic oxidation sites excluding steroid dienone is 2. The summed E-state index contributed by atoms with van der Waals surface area (Å²) in [4.78, 5) is 48.6. The molecule has 15 atom stereocenters. The molecule has 4 spiro atoms. The number of carbonyl (C=O) groups excluding carboxylic acids is 4. The van der Waals surface area contributed by atoms with Crippen LogP contribution >= 0.6 is 61.2 Å². The molecule has 4 unspecified atom stereocenters. The fraction of sp³-hybridized carbons (Fsp3) is 0.714. The largest absolute Gasteiger partial charge is 0.466 e. The number of halogens is 3. The second-order valence-corrected chi connectivity index (χ2v) is 21.8. The maximum atomic E-state index is 12.4. The first kappa shape index (κ1) is 43.8. The lowest BCUT2D eigenvalue weighted by Gasteiger charge is -2.58. The molecule has 5 saturated carbocycles. The molecule has 8 aliphatic carbocycles. The van der Waals surface area contributed by atoms with Crippen molar-refractivity contribution in [3.05, 3.63) is 59.1 Å². The van der Waals surface area contributed by atoms with E-state index in [-0.39, 0.29) is 110 Å². The van der Waals surface area contributed by atoms with Crippen LogP contribution in [0.15, 0.2) is 52.0 Å². The van der Waals surface area contributed by atoms with Crippen molar-refractivity contribution in [1.82, 2.24) is 0 Å². The maximum Gasteiger partial charge on any atom is 0.306 e. The fourth-order valence-corrected chi connectivity index (χ4v) is 17.0. The molecule has 12 heteroatoms. The van der Waals surface area contributed by atoms with Gasteiger partial charge in [0.05, 0.1) is 12.2 Å². The van der Waals surface area contributed by atoms with Gasteiger partial charge >= 0.3 is 11.9 Å². The lowest BCUT2D eigenvalue weighted by atomic mass is 9.43. The molecule has 4 saturated heterocycles. The Hall–Kier alpha value is -1.11. The Morgan fingerprint density at radius 1 is 0.672 bits per heavy atom. The average molecular weight is 1170 g/mol. The number of epoxide rings is 2. The number of hydrogen-bond acceptors (Lipinski definition) is 9. The molecule has 4 aliphatic heterocycles. The van der Waals surface area contributed by atoms with Crippen LogP contribution in [0, 0.1) is 52.3 Å². The molecular formula is C49H59I3O9. The van der Waals surface area contributed by atoms with Crippen molar-refractivity contribution in [1.29, 1.82) is 0 Å². The summed E-state index contributed by atoms with van der Waals surface area (Å²) in [6.07, 6.45) is 21.4. The van der Waals surface area contributed by atoms with Gasteiger partial charge in [-0.25, -0.2) is 0 Å². The van der Waals surface area contributed by atoms with Crippen LogP contribution in [-0.2, 0) is 38.1 Å². The lowest BCUT2D eigenvalue weighted by molar-refractivity contribution is -0.165. The summed E-state index contributed by atoms with van der Waals surface area (Å²) in [6.45, 7) is 11.4. The van der Waals surface area contributed by atoms with Gasteiger partial charge in [-0.2, -0.15) is 0 Å². The van der Waals surface area contributed by atoms with Crippen LogP contribution in [0.5, 0.6) is 0 Å². The minimum atomic E-state index is -0.337. The molecule has 0 N–H and O–H groups in total. The van der Waals surface area contributed by atoms with Crippen LogP contribution in [0.3, 0.4) is 0 Å². The van der Waals surface area contributed by atoms with Gasteiger partial charge in [0.15, 0.2) is 11.6 Å². The predicted octanol–water partition coefficient (Wildman–Crippen LogP) is 10.9. The third kappa shape index (κ3) is 5.46. The van der Waals surface area contributed by atoms with E-state index in [1.165, 1.54) is 5.57 Å². The van der Waals surface area contributed by atoms with Crippen LogP contribution in [0.25, 0.3) is 0 Å². The first-order valence-electron chi connectivity index (χ1n) is 22.7. The molecule has 0 bridgehead atoms. The van der Waals surface area contributed by atoms with Gasteiger partial charge in [-0.05, 0) is 119 Å². The number of carbonyl (C=O) groups is 4. The molecule has 9 fully saturated rings. The average Bonchev–Trinajstić information content (AvgIpc) is 3.73. The van der Waals surface area contributed by atoms with Crippen LogP contribution in [0.2, 0.25) is 0 Å². The van der Waals surface area contributed by atoms with E-state index in [2.05, 4.69) is 89.2 Å². The van der Waals surface area contributed by atoms with Gasteiger partial charge in [0.25, 0.3) is 0 Å². The Kier molecular flexibility index (Phi) is 10.2. The molecule has 9 nitrogen and oxygen atoms in total. The van der Waals surface area contributed by atoms with Gasteiger partial charge in [-0.3, -0.25) is 19.2 Å². The Morgan fingerprint density at radius 2 is 1.25 bits per heavy atom. The number of esters is 2. The van der Waals surface area contributed by atoms with Gasteiger partial charge in [0.2, 0.25) is 0 Å². The third-order valence-corrected chi connectivity index (χ3v) is 20.1. The highest BCUT2D eigenvalue weighted by molar-refractivity contribution is 15.0. The molecule has 330 valence electrons. The molecule has 13 rings (SSSR count). The minimum absolute atomic E-state index is 0. The molecule has 0 amide bonds. The molecule has 1 aromatic rings. The molecule has 0 aromatic carbocycles. The van der Waals surface area contributed by atoms with Gasteiger partial charge in [0.1, 0.15) is 33.9 Å². The summed E-state index contributed by atoms with van der Waals surface area (Å²) < 4.78 is 31.8. The molecular weight excluding hydrogens is 1110 g/mol. The van der Waals surface area contributed by atoms with E-state index in [1.807, 2.05) is 19.1 Å². The standard InChI is InChI=1S/C27H32O5.C22H26O4.I2.HI/c1-15-4-5-20(30-15)18-13-16-12-17(28)6-9-24(16,2)27-21(31-27)14-25(3)19(23(18)27)7-10-26(25)11-8-22(29)32-26;1-19-8-5-14(23)11-13(19)3-4-16-15-6-9-21(10-7-18(24)26-21)20(15,2)12-17-22(16,19)25-17;1-2;/h4-5,12,18-19,21,23H,6-11,13-14H2,1-3H3;3-4,11,15-17H,5-10,12H2,1-2H3;;1H/t18-,19-,21+,23-,24?,25-,26+,27?;15-,16-,17+,19?,20-,21+,22?;;/m00../s1. The second kappa shape index (κ2) is 14.2. The van der Waals surface area contributed by atoms with Crippen molar-refractivity contribution in [2.45, 2.75) is 171 Å². The van der Waals surface area contributed by atoms with Crippen molar-refractivity contribution in [2.24, 2.45) is 45.3 Å². The minimum Gasteiger partial charge on any atom is -0.466 e. The lowest BCUT2D eigenvalue weighted by Crippen LogP contribution is -2.61. The van der Waals surface area contributed by atoms with Crippen molar-refractivity contribution in [3.63, 3.8) is 0 Å². The van der Waals surface area contributed by atoms with Crippen molar-refractivity contribution < 1.29 is 42.5 Å². The first-order valence-corrected chi connectivity index (χ1v) is 29.0. The normalized spacial score (nSPS) is 50.8. The summed E-state index contributed by atoms with van der Waals surface area (Å²) in [5, 5.41) is 0. The summed E-state index contributed by atoms with van der Waals surface area (Å²) in [7, 11) is 0. The Labute approximate surface area is 399 Å². The number of ether oxygens (including phenoxy) is 4. The Bertz CT molecular complexity index is 2210. The van der Waals surface area contributed by atoms with Crippen molar-refractivity contribution in [2.75, 3.05) is 0 Å². The molecule has 1 aromatic heterocycles. The first-order chi connectivity index (χ1) is 28.6. The Balaban J connectivity index is 0.000000141. The van der Waals surface area contributed by atoms with Gasteiger partial charge in [-0.1, -0.05) is 45.4 Å². The van der Waals surface area contributed by atoms with Crippen molar-refractivity contribution >= 4 is 84.7 Å². The van der Waals surface area contributed by atoms with Crippen LogP contribution in [0.4, 0.5) is 0 Å². The monoisotopic (exact) mass is 1170 g/mol. The highest BCUT2D eigenvalue weighted by atomic mass is 128. The maximum absolute atomic E-state index is 12.4. The second-order valence-electron chi connectivity index (χ2n) is 21.8. The van der Waals surface area contributed by atoms with E-state index in [9.17, 15) is 19.2 Å². The smallest absolute Gasteiger partial charge is 0.306 e. The summed E-state index contributed by atoms with van der Waals surface area (Å²) in [5.74, 6) is 4.14. The number of hydrogen-bond donors (Lipinski definition) is 0. The van der Waals surface area contributed by atoms with E-state index >= 15 is 0 Å². The van der Waals surface area contributed by atoms with Gasteiger partial charge in [0, 0.05) is 102 Å². The van der Waals surface area contributed by atoms with Crippen molar-refractivity contribution in [3.8, 4) is 0 Å². The zero-order chi connectivity index (χ0) is 42.0. The van der Waals surface area contributed by atoms with E-state index in [0.717, 1.165) is 87.7 Å². The quantitative estimate of drug-likeness (QED) is 0.154. The number of ketones is 2. The molecule has 0 radical (unpaired) electrons. The van der Waals surface area contributed by atoms with Gasteiger partial charge in [-0.15, -0.1) is 24.0 Å². The number of aryl methyl sites for hydroxylation is 1. The Morgan fingerprint density at radius 3 is 1.85 bits per heavy atom. The van der Waals surface area contributed by atoms with E-state index in [1.54, 1.807) is 0 Å². The number of furan rings is 1. The highest BCUT2D eigenvalue weighted by Gasteiger charge is 2.84. The third-order valence-electron chi connectivity index (χ3n) is 20.1. The predicted molar refractivity (Wildman–Crippen MR) is 253 cm³/mol. The number of fused-ring (bicyclic) bond motifs is 8. The zero-order valence-electron chi connectivity index (χ0n) is 36.0. The summed E-state index contributed by atoms with van der Waals surface area (Å²) >= 11 is 4.24. The zero-order valence-corrected chi connectivity index (χ0v) is 42.6. The number of rotatable bonds is 1. The van der Waals surface area contributed by atoms with E-state index in [4.69, 9.17) is 23.4 Å². The topological polar surface area (TPSA) is 125 Å². The fourth-order valence-electron chi connectivity index (χ4n) is 17.0.